The van der Waals surface area contributed by atoms with Crippen LogP contribution < -0.4 is 15.2 Å². The first-order chi connectivity index (χ1) is 9.63. The molecule has 106 valence electrons. The van der Waals surface area contributed by atoms with E-state index in [1.807, 2.05) is 36.4 Å². The molecule has 0 radical (unpaired) electrons. The Kier molecular flexibility index (Phi) is 5.29. The number of rotatable bonds is 5. The molecule has 0 heterocycles. The van der Waals surface area contributed by atoms with Gasteiger partial charge in [0.25, 0.3) is 0 Å². The monoisotopic (exact) mass is 355 g/mol. The normalized spacial score (nSPS) is 12.0. The van der Waals surface area contributed by atoms with Gasteiger partial charge in [-0.3, -0.25) is 0 Å². The van der Waals surface area contributed by atoms with E-state index in [4.69, 9.17) is 26.8 Å². The quantitative estimate of drug-likeness (QED) is 0.873. The van der Waals surface area contributed by atoms with Crippen molar-refractivity contribution >= 4 is 27.5 Å². The second kappa shape index (κ2) is 6.97. The molecule has 0 aliphatic heterocycles. The van der Waals surface area contributed by atoms with Gasteiger partial charge in [0.2, 0.25) is 0 Å². The first-order valence-electron chi connectivity index (χ1n) is 6.09. The number of benzene rings is 2. The summed E-state index contributed by atoms with van der Waals surface area (Å²) >= 11 is 9.51. The molecule has 1 atom stereocenters. The van der Waals surface area contributed by atoms with Crippen molar-refractivity contribution in [3.8, 4) is 11.5 Å². The summed E-state index contributed by atoms with van der Waals surface area (Å²) in [5.41, 5.74) is 6.77. The van der Waals surface area contributed by atoms with Crippen molar-refractivity contribution in [3.05, 3.63) is 57.5 Å². The molecule has 0 saturated heterocycles. The molecule has 0 aliphatic rings. The Morgan fingerprint density at radius 2 is 1.90 bits per heavy atom. The van der Waals surface area contributed by atoms with Gasteiger partial charge in [-0.1, -0.05) is 39.7 Å². The lowest BCUT2D eigenvalue weighted by atomic mass is 10.1. The Labute approximate surface area is 131 Å². The molecule has 0 aromatic heterocycles. The summed E-state index contributed by atoms with van der Waals surface area (Å²) in [7, 11) is 1.63. The molecule has 20 heavy (non-hydrogen) atoms. The molecule has 2 N–H and O–H groups in total. The van der Waals surface area contributed by atoms with Gasteiger partial charge in [0.15, 0.2) is 0 Å². The van der Waals surface area contributed by atoms with E-state index < -0.39 is 0 Å². The van der Waals surface area contributed by atoms with Crippen molar-refractivity contribution in [1.82, 2.24) is 0 Å². The highest BCUT2D eigenvalue weighted by atomic mass is 79.9. The summed E-state index contributed by atoms with van der Waals surface area (Å²) in [4.78, 5) is 0. The second-order valence-electron chi connectivity index (χ2n) is 4.19. The van der Waals surface area contributed by atoms with Crippen molar-refractivity contribution in [3.63, 3.8) is 0 Å². The van der Waals surface area contributed by atoms with Crippen molar-refractivity contribution in [2.45, 2.75) is 6.10 Å². The minimum atomic E-state index is -0.250. The van der Waals surface area contributed by atoms with Crippen LogP contribution in [0.3, 0.4) is 0 Å². The first kappa shape index (κ1) is 15.2. The fraction of sp³-hybridized carbons (Fsp3) is 0.200. The van der Waals surface area contributed by atoms with Gasteiger partial charge in [0.1, 0.15) is 17.6 Å². The molecule has 0 amide bonds. The average Bonchev–Trinajstić information content (AvgIpc) is 2.47. The molecular weight excluding hydrogens is 342 g/mol. The van der Waals surface area contributed by atoms with Crippen LogP contribution in [-0.4, -0.2) is 13.7 Å². The first-order valence-corrected chi connectivity index (χ1v) is 7.27. The van der Waals surface area contributed by atoms with Gasteiger partial charge in [-0.15, -0.1) is 0 Å². The number of halogens is 2. The highest BCUT2D eigenvalue weighted by Gasteiger charge is 2.13. The number of methoxy groups -OCH3 is 1. The third kappa shape index (κ3) is 3.66. The van der Waals surface area contributed by atoms with Crippen molar-refractivity contribution in [2.75, 3.05) is 13.7 Å². The third-order valence-corrected chi connectivity index (χ3v) is 3.65. The molecule has 0 saturated carbocycles. The molecule has 2 rings (SSSR count). The molecule has 2 aromatic carbocycles. The van der Waals surface area contributed by atoms with Gasteiger partial charge in [0, 0.05) is 11.0 Å². The lowest BCUT2D eigenvalue weighted by Crippen LogP contribution is -2.18. The SMILES string of the molecule is COc1ccc(C(CN)Oc2ccc(Br)cc2Cl)cc1. The van der Waals surface area contributed by atoms with E-state index in [-0.39, 0.29) is 6.10 Å². The summed E-state index contributed by atoms with van der Waals surface area (Å²) < 4.78 is 11.9. The van der Waals surface area contributed by atoms with Crippen molar-refractivity contribution < 1.29 is 9.47 Å². The summed E-state index contributed by atoms with van der Waals surface area (Å²) in [5.74, 6) is 1.41. The molecule has 0 bridgehead atoms. The average molecular weight is 357 g/mol. The zero-order valence-corrected chi connectivity index (χ0v) is 13.3. The van der Waals surface area contributed by atoms with Crippen molar-refractivity contribution in [2.24, 2.45) is 5.73 Å². The zero-order valence-electron chi connectivity index (χ0n) is 11.0. The zero-order chi connectivity index (χ0) is 14.5. The predicted octanol–water partition coefficient (Wildman–Crippen LogP) is 4.19. The summed E-state index contributed by atoms with van der Waals surface area (Å²) in [5, 5.41) is 0.548. The Hall–Kier alpha value is -1.23. The highest BCUT2D eigenvalue weighted by Crippen LogP contribution is 2.31. The summed E-state index contributed by atoms with van der Waals surface area (Å²) in [6.07, 6.45) is -0.250. The summed E-state index contributed by atoms with van der Waals surface area (Å²) in [6.45, 7) is 0.360. The molecule has 0 aliphatic carbocycles. The van der Waals surface area contributed by atoms with E-state index in [1.165, 1.54) is 0 Å². The number of hydrogen-bond acceptors (Lipinski definition) is 3. The Morgan fingerprint density at radius 3 is 2.45 bits per heavy atom. The number of ether oxygens (including phenoxy) is 2. The van der Waals surface area contributed by atoms with Crippen LogP contribution in [0.25, 0.3) is 0 Å². The maximum absolute atomic E-state index is 6.15. The van der Waals surface area contributed by atoms with E-state index in [2.05, 4.69) is 15.9 Å². The minimum absolute atomic E-state index is 0.250. The van der Waals surface area contributed by atoms with E-state index in [9.17, 15) is 0 Å². The summed E-state index contributed by atoms with van der Waals surface area (Å²) in [6, 6.07) is 13.1. The van der Waals surface area contributed by atoms with Crippen LogP contribution in [0.2, 0.25) is 5.02 Å². The topological polar surface area (TPSA) is 44.5 Å². The largest absolute Gasteiger partial charge is 0.497 e. The third-order valence-electron chi connectivity index (χ3n) is 2.86. The van der Waals surface area contributed by atoms with E-state index in [0.717, 1.165) is 15.8 Å². The molecule has 1 unspecified atom stereocenters. The van der Waals surface area contributed by atoms with Crippen LogP contribution in [0, 0.1) is 0 Å². The van der Waals surface area contributed by atoms with Gasteiger partial charge in [-0.2, -0.15) is 0 Å². The van der Waals surface area contributed by atoms with Crippen LogP contribution >= 0.6 is 27.5 Å². The van der Waals surface area contributed by atoms with Gasteiger partial charge >= 0.3 is 0 Å². The predicted molar refractivity (Wildman–Crippen MR) is 84.6 cm³/mol. The van der Waals surface area contributed by atoms with E-state index in [0.29, 0.717) is 17.3 Å². The van der Waals surface area contributed by atoms with Crippen LogP contribution in [-0.2, 0) is 0 Å². The van der Waals surface area contributed by atoms with Crippen LogP contribution in [0.4, 0.5) is 0 Å². The van der Waals surface area contributed by atoms with Crippen molar-refractivity contribution in [1.29, 1.82) is 0 Å². The van der Waals surface area contributed by atoms with Crippen LogP contribution in [0.5, 0.6) is 11.5 Å². The second-order valence-corrected chi connectivity index (χ2v) is 5.51. The lowest BCUT2D eigenvalue weighted by Gasteiger charge is -2.19. The van der Waals surface area contributed by atoms with Gasteiger partial charge < -0.3 is 15.2 Å². The van der Waals surface area contributed by atoms with Crippen LogP contribution in [0.1, 0.15) is 11.7 Å². The van der Waals surface area contributed by atoms with E-state index >= 15 is 0 Å². The molecule has 0 fully saturated rings. The van der Waals surface area contributed by atoms with Gasteiger partial charge in [-0.25, -0.2) is 0 Å². The highest BCUT2D eigenvalue weighted by molar-refractivity contribution is 9.10. The van der Waals surface area contributed by atoms with E-state index in [1.54, 1.807) is 13.2 Å². The maximum atomic E-state index is 6.15. The molecule has 5 heteroatoms. The fourth-order valence-corrected chi connectivity index (χ4v) is 2.51. The van der Waals surface area contributed by atoms with Gasteiger partial charge in [0.05, 0.1) is 12.1 Å². The molecular formula is C15H15BrClNO2. The number of hydrogen-bond donors (Lipinski definition) is 1. The van der Waals surface area contributed by atoms with Gasteiger partial charge in [-0.05, 0) is 35.9 Å². The van der Waals surface area contributed by atoms with Crippen LogP contribution in [0.15, 0.2) is 46.9 Å². The standard InChI is InChI=1S/C15H15BrClNO2/c1-19-12-5-2-10(3-6-12)15(9-18)20-14-7-4-11(16)8-13(14)17/h2-8,15H,9,18H2,1H3. The fourth-order valence-electron chi connectivity index (χ4n) is 1.79. The molecule has 3 nitrogen and oxygen atoms in total. The smallest absolute Gasteiger partial charge is 0.138 e. The Bertz CT molecular complexity index is 575. The Balaban J connectivity index is 2.19. The molecule has 2 aromatic rings. The minimum Gasteiger partial charge on any atom is -0.497 e. The maximum Gasteiger partial charge on any atom is 0.138 e. The lowest BCUT2D eigenvalue weighted by molar-refractivity contribution is 0.214. The molecule has 0 spiro atoms. The Morgan fingerprint density at radius 1 is 1.20 bits per heavy atom. The number of nitrogens with two attached hydrogens (primary N) is 1.